The van der Waals surface area contributed by atoms with E-state index in [1.165, 1.54) is 12.1 Å². The first-order valence-corrected chi connectivity index (χ1v) is 7.58. The molecule has 0 bridgehead atoms. The van der Waals surface area contributed by atoms with Crippen LogP contribution in [0.1, 0.15) is 19.3 Å². The lowest BCUT2D eigenvalue weighted by atomic mass is 10.2. The van der Waals surface area contributed by atoms with E-state index in [0.717, 1.165) is 51.3 Å². The van der Waals surface area contributed by atoms with Crippen molar-refractivity contribution in [3.63, 3.8) is 0 Å². The number of unbranched alkanes of at least 4 members (excludes halogenated alkanes) is 1. The van der Waals surface area contributed by atoms with Gasteiger partial charge in [-0.05, 0) is 37.6 Å². The molecule has 0 atom stereocenters. The van der Waals surface area contributed by atoms with Crippen LogP contribution in [0.4, 0.5) is 10.1 Å². The Kier molecular flexibility index (Phi) is 5.82. The van der Waals surface area contributed by atoms with Crippen LogP contribution in [0.15, 0.2) is 18.2 Å². The van der Waals surface area contributed by atoms with E-state index in [9.17, 15) is 9.18 Å². The summed E-state index contributed by atoms with van der Waals surface area (Å²) in [5.74, 6) is -1.05. The van der Waals surface area contributed by atoms with Crippen molar-refractivity contribution in [1.29, 1.82) is 0 Å². The Morgan fingerprint density at radius 2 is 1.95 bits per heavy atom. The maximum Gasteiger partial charge on any atom is 0.303 e. The molecule has 1 aromatic carbocycles. The number of benzene rings is 1. The van der Waals surface area contributed by atoms with Gasteiger partial charge in [-0.3, -0.25) is 9.69 Å². The lowest BCUT2D eigenvalue weighted by Crippen LogP contribution is -2.46. The summed E-state index contributed by atoms with van der Waals surface area (Å²) in [6.07, 6.45) is 1.87. The van der Waals surface area contributed by atoms with Crippen LogP contribution in [0.5, 0.6) is 0 Å². The molecule has 0 radical (unpaired) electrons. The maximum absolute atomic E-state index is 13.1. The fourth-order valence-corrected chi connectivity index (χ4v) is 2.85. The number of rotatable bonds is 6. The third-order valence-corrected chi connectivity index (χ3v) is 4.04. The molecule has 1 saturated heterocycles. The van der Waals surface area contributed by atoms with E-state index in [2.05, 4.69) is 9.80 Å². The molecular weight excluding hydrogens is 295 g/mol. The number of anilines is 1. The van der Waals surface area contributed by atoms with Crippen LogP contribution in [-0.4, -0.2) is 48.7 Å². The standard InChI is InChI=1S/C15H20ClFN2O2/c16-13-11-12(17)4-5-14(13)19-9-7-18(8-10-19)6-2-1-3-15(20)21/h4-5,11H,1-3,6-10H2,(H,20,21). The number of carbonyl (C=O) groups is 1. The molecule has 1 N–H and O–H groups in total. The van der Waals surface area contributed by atoms with Gasteiger partial charge in [0, 0.05) is 32.6 Å². The topological polar surface area (TPSA) is 43.8 Å². The van der Waals surface area contributed by atoms with E-state index < -0.39 is 5.97 Å². The van der Waals surface area contributed by atoms with Crippen molar-refractivity contribution < 1.29 is 14.3 Å². The van der Waals surface area contributed by atoms with Gasteiger partial charge in [-0.1, -0.05) is 11.6 Å². The summed E-state index contributed by atoms with van der Waals surface area (Å²) in [5.41, 5.74) is 0.878. The van der Waals surface area contributed by atoms with E-state index in [4.69, 9.17) is 16.7 Å². The summed E-state index contributed by atoms with van der Waals surface area (Å²) >= 11 is 6.08. The van der Waals surface area contributed by atoms with E-state index in [1.54, 1.807) is 6.07 Å². The van der Waals surface area contributed by atoms with Gasteiger partial charge in [-0.25, -0.2) is 4.39 Å². The van der Waals surface area contributed by atoms with Gasteiger partial charge in [0.25, 0.3) is 0 Å². The number of aliphatic carboxylic acids is 1. The molecule has 6 heteroatoms. The van der Waals surface area contributed by atoms with E-state index in [0.29, 0.717) is 5.02 Å². The Hall–Kier alpha value is -1.33. The molecule has 1 aliphatic heterocycles. The molecule has 0 spiro atoms. The van der Waals surface area contributed by atoms with Gasteiger partial charge < -0.3 is 10.0 Å². The highest BCUT2D eigenvalue weighted by Gasteiger charge is 2.18. The lowest BCUT2D eigenvalue weighted by Gasteiger charge is -2.36. The van der Waals surface area contributed by atoms with Gasteiger partial charge in [-0.2, -0.15) is 0 Å². The fraction of sp³-hybridized carbons (Fsp3) is 0.533. The molecule has 21 heavy (non-hydrogen) atoms. The van der Waals surface area contributed by atoms with E-state index in [-0.39, 0.29) is 12.2 Å². The third kappa shape index (κ3) is 4.86. The number of carboxylic acid groups (broad SMARTS) is 1. The second-order valence-electron chi connectivity index (χ2n) is 5.28. The molecule has 1 aliphatic rings. The van der Waals surface area contributed by atoms with Gasteiger partial charge in [0.15, 0.2) is 0 Å². The number of hydrogen-bond acceptors (Lipinski definition) is 3. The number of nitrogens with zero attached hydrogens (tertiary/aromatic N) is 2. The molecular formula is C15H20ClFN2O2. The maximum atomic E-state index is 13.1. The first-order chi connectivity index (χ1) is 10.1. The minimum absolute atomic E-state index is 0.241. The van der Waals surface area contributed by atoms with Crippen molar-refractivity contribution in [3.05, 3.63) is 29.0 Å². The summed E-state index contributed by atoms with van der Waals surface area (Å²) in [5, 5.41) is 9.05. The molecule has 116 valence electrons. The van der Waals surface area contributed by atoms with Gasteiger partial charge in [0.1, 0.15) is 5.82 Å². The average Bonchev–Trinajstić information content (AvgIpc) is 2.44. The lowest BCUT2D eigenvalue weighted by molar-refractivity contribution is -0.137. The predicted molar refractivity (Wildman–Crippen MR) is 81.5 cm³/mol. The number of halogens is 2. The normalized spacial score (nSPS) is 16.2. The van der Waals surface area contributed by atoms with Crippen LogP contribution in [0, 0.1) is 5.82 Å². The monoisotopic (exact) mass is 314 g/mol. The highest BCUT2D eigenvalue weighted by atomic mass is 35.5. The molecule has 0 saturated carbocycles. The highest BCUT2D eigenvalue weighted by molar-refractivity contribution is 6.33. The van der Waals surface area contributed by atoms with Gasteiger partial charge in [0.05, 0.1) is 10.7 Å². The van der Waals surface area contributed by atoms with Crippen LogP contribution in [-0.2, 0) is 4.79 Å². The second-order valence-corrected chi connectivity index (χ2v) is 5.68. The van der Waals surface area contributed by atoms with Crippen LogP contribution < -0.4 is 4.90 Å². The molecule has 0 amide bonds. The summed E-state index contributed by atoms with van der Waals surface area (Å²) in [7, 11) is 0. The van der Waals surface area contributed by atoms with Crippen LogP contribution in [0.25, 0.3) is 0 Å². The smallest absolute Gasteiger partial charge is 0.303 e. The summed E-state index contributed by atoms with van der Waals surface area (Å²) in [4.78, 5) is 14.9. The van der Waals surface area contributed by atoms with Crippen LogP contribution in [0.2, 0.25) is 5.02 Å². The van der Waals surface area contributed by atoms with Crippen molar-refractivity contribution >= 4 is 23.3 Å². The Bertz CT molecular complexity index is 491. The van der Waals surface area contributed by atoms with Gasteiger partial charge in [-0.15, -0.1) is 0 Å². The van der Waals surface area contributed by atoms with E-state index in [1.807, 2.05) is 0 Å². The zero-order valence-electron chi connectivity index (χ0n) is 11.9. The summed E-state index contributed by atoms with van der Waals surface area (Å²) < 4.78 is 13.1. The number of carboxylic acids is 1. The second kappa shape index (κ2) is 7.61. The van der Waals surface area contributed by atoms with Gasteiger partial charge >= 0.3 is 5.97 Å². The molecule has 2 rings (SSSR count). The average molecular weight is 315 g/mol. The number of piperazine rings is 1. The first-order valence-electron chi connectivity index (χ1n) is 7.20. The SMILES string of the molecule is O=C(O)CCCCN1CCN(c2ccc(F)cc2Cl)CC1. The van der Waals surface area contributed by atoms with Crippen molar-refractivity contribution in [1.82, 2.24) is 4.90 Å². The molecule has 0 aromatic heterocycles. The van der Waals surface area contributed by atoms with Crippen LogP contribution in [0.3, 0.4) is 0 Å². The van der Waals surface area contributed by atoms with Crippen molar-refractivity contribution in [2.75, 3.05) is 37.6 Å². The van der Waals surface area contributed by atoms with Crippen molar-refractivity contribution in [3.8, 4) is 0 Å². The molecule has 0 unspecified atom stereocenters. The Morgan fingerprint density at radius 1 is 1.24 bits per heavy atom. The number of hydrogen-bond donors (Lipinski definition) is 1. The zero-order chi connectivity index (χ0) is 15.2. The quantitative estimate of drug-likeness (QED) is 0.820. The Balaban J connectivity index is 1.76. The largest absolute Gasteiger partial charge is 0.481 e. The summed E-state index contributed by atoms with van der Waals surface area (Å²) in [6, 6.07) is 4.49. The highest BCUT2D eigenvalue weighted by Crippen LogP contribution is 2.27. The van der Waals surface area contributed by atoms with E-state index >= 15 is 0 Å². The summed E-state index contributed by atoms with van der Waals surface area (Å²) in [6.45, 7) is 4.47. The minimum Gasteiger partial charge on any atom is -0.481 e. The third-order valence-electron chi connectivity index (χ3n) is 3.74. The predicted octanol–water partition coefficient (Wildman–Crippen LogP) is 2.86. The molecule has 1 aromatic rings. The van der Waals surface area contributed by atoms with Crippen molar-refractivity contribution in [2.45, 2.75) is 19.3 Å². The molecule has 1 heterocycles. The molecule has 0 aliphatic carbocycles. The Labute approximate surface area is 129 Å². The Morgan fingerprint density at radius 3 is 2.57 bits per heavy atom. The minimum atomic E-state index is -0.731. The van der Waals surface area contributed by atoms with Gasteiger partial charge in [0.2, 0.25) is 0 Å². The first kappa shape index (κ1) is 16.0. The van der Waals surface area contributed by atoms with Crippen LogP contribution >= 0.6 is 11.6 Å². The zero-order valence-corrected chi connectivity index (χ0v) is 12.7. The fourth-order valence-electron chi connectivity index (χ4n) is 2.56. The molecule has 1 fully saturated rings. The van der Waals surface area contributed by atoms with Crippen molar-refractivity contribution in [2.24, 2.45) is 0 Å². The molecule has 4 nitrogen and oxygen atoms in total.